The molecule has 17 heavy (non-hydrogen) atoms. The molecule has 0 radical (unpaired) electrons. The van der Waals surface area contributed by atoms with E-state index in [0.29, 0.717) is 5.56 Å². The molecule has 0 saturated carbocycles. The number of nitrogens with zero attached hydrogens (tertiary/aromatic N) is 1. The Morgan fingerprint density at radius 2 is 2.29 bits per heavy atom. The van der Waals surface area contributed by atoms with Crippen LogP contribution in [0.25, 0.3) is 0 Å². The minimum Gasteiger partial charge on any atom is -0.294 e. The van der Waals surface area contributed by atoms with Crippen LogP contribution in [0.1, 0.15) is 21.1 Å². The van der Waals surface area contributed by atoms with Crippen LogP contribution in [-0.4, -0.2) is 10.8 Å². The van der Waals surface area contributed by atoms with E-state index in [-0.39, 0.29) is 16.7 Å². The van der Waals surface area contributed by atoms with Crippen molar-refractivity contribution in [2.24, 2.45) is 0 Å². The quantitative estimate of drug-likeness (QED) is 0.807. The Morgan fingerprint density at radius 3 is 2.94 bits per heavy atom. The SMILES string of the molecule is Cc1nc(CC(=O)c2cccc(F)c2Br)cs1. The summed E-state index contributed by atoms with van der Waals surface area (Å²) in [5, 5.41) is 2.77. The molecule has 0 atom stereocenters. The van der Waals surface area contributed by atoms with Gasteiger partial charge in [-0.15, -0.1) is 11.3 Å². The minimum atomic E-state index is -0.426. The molecular weight excluding hydrogens is 305 g/mol. The number of hydrogen-bond acceptors (Lipinski definition) is 3. The fourth-order valence-corrected chi connectivity index (χ4v) is 2.57. The van der Waals surface area contributed by atoms with Crippen LogP contribution in [0.3, 0.4) is 0 Å². The molecular formula is C12H9BrFNOS. The molecule has 0 spiro atoms. The number of rotatable bonds is 3. The van der Waals surface area contributed by atoms with Crippen molar-refractivity contribution in [3.63, 3.8) is 0 Å². The minimum absolute atomic E-state index is 0.137. The summed E-state index contributed by atoms with van der Waals surface area (Å²) in [6, 6.07) is 4.45. The maximum atomic E-state index is 13.3. The van der Waals surface area contributed by atoms with E-state index in [0.717, 1.165) is 10.7 Å². The largest absolute Gasteiger partial charge is 0.294 e. The molecule has 2 rings (SSSR count). The van der Waals surface area contributed by atoms with Gasteiger partial charge in [-0.1, -0.05) is 12.1 Å². The molecule has 2 nitrogen and oxygen atoms in total. The number of aryl methyl sites for hydroxylation is 1. The van der Waals surface area contributed by atoms with Crippen LogP contribution >= 0.6 is 27.3 Å². The van der Waals surface area contributed by atoms with Gasteiger partial charge in [0.25, 0.3) is 0 Å². The fraction of sp³-hybridized carbons (Fsp3) is 0.167. The van der Waals surface area contributed by atoms with Gasteiger partial charge in [0.2, 0.25) is 0 Å². The van der Waals surface area contributed by atoms with E-state index in [1.165, 1.54) is 23.5 Å². The average molecular weight is 314 g/mol. The van der Waals surface area contributed by atoms with Crippen molar-refractivity contribution in [1.82, 2.24) is 4.98 Å². The maximum absolute atomic E-state index is 13.3. The third-order valence-corrected chi connectivity index (χ3v) is 3.89. The number of halogens is 2. The van der Waals surface area contributed by atoms with Crippen LogP contribution in [-0.2, 0) is 6.42 Å². The predicted molar refractivity (Wildman–Crippen MR) is 69.0 cm³/mol. The van der Waals surface area contributed by atoms with E-state index in [9.17, 15) is 9.18 Å². The molecule has 0 bridgehead atoms. The van der Waals surface area contributed by atoms with Crippen molar-refractivity contribution in [3.8, 4) is 0 Å². The predicted octanol–water partition coefficient (Wildman–Crippen LogP) is 3.78. The first-order valence-electron chi connectivity index (χ1n) is 4.96. The van der Waals surface area contributed by atoms with Gasteiger partial charge in [-0.2, -0.15) is 0 Å². The average Bonchev–Trinajstić information content (AvgIpc) is 2.68. The van der Waals surface area contributed by atoms with Gasteiger partial charge in [0, 0.05) is 10.9 Å². The standard InChI is InChI=1S/C12H9BrFNOS/c1-7-15-8(6-17-7)5-11(16)9-3-2-4-10(14)12(9)13/h2-4,6H,5H2,1H3. The Kier molecular flexibility index (Phi) is 3.69. The molecule has 1 aromatic carbocycles. The summed E-state index contributed by atoms with van der Waals surface area (Å²) in [5.74, 6) is -0.563. The topological polar surface area (TPSA) is 30.0 Å². The van der Waals surface area contributed by atoms with E-state index in [4.69, 9.17) is 0 Å². The molecule has 88 valence electrons. The van der Waals surface area contributed by atoms with E-state index in [1.54, 1.807) is 6.07 Å². The number of hydrogen-bond donors (Lipinski definition) is 0. The first-order chi connectivity index (χ1) is 8.08. The van der Waals surface area contributed by atoms with Crippen molar-refractivity contribution >= 4 is 33.0 Å². The summed E-state index contributed by atoms with van der Waals surface area (Å²) < 4.78 is 13.5. The second-order valence-electron chi connectivity index (χ2n) is 3.56. The lowest BCUT2D eigenvalue weighted by atomic mass is 10.1. The smallest absolute Gasteiger partial charge is 0.170 e. The fourth-order valence-electron chi connectivity index (χ4n) is 1.47. The van der Waals surface area contributed by atoms with Crippen molar-refractivity contribution in [2.75, 3.05) is 0 Å². The maximum Gasteiger partial charge on any atom is 0.170 e. The highest BCUT2D eigenvalue weighted by molar-refractivity contribution is 9.10. The molecule has 5 heteroatoms. The number of carbonyl (C=O) groups excluding carboxylic acids is 1. The Hall–Kier alpha value is -1.07. The van der Waals surface area contributed by atoms with E-state index < -0.39 is 5.82 Å². The summed E-state index contributed by atoms with van der Waals surface area (Å²) in [5.41, 5.74) is 1.09. The van der Waals surface area contributed by atoms with Gasteiger partial charge in [0.15, 0.2) is 5.78 Å². The number of benzene rings is 1. The Morgan fingerprint density at radius 1 is 1.53 bits per heavy atom. The molecule has 0 aliphatic heterocycles. The molecule has 2 aromatic rings. The lowest BCUT2D eigenvalue weighted by molar-refractivity contribution is 0.0991. The number of carbonyl (C=O) groups is 1. The summed E-state index contributed by atoms with van der Waals surface area (Å²) in [6.45, 7) is 1.89. The van der Waals surface area contributed by atoms with Gasteiger partial charge in [0.1, 0.15) is 5.82 Å². The molecule has 1 heterocycles. The van der Waals surface area contributed by atoms with Gasteiger partial charge < -0.3 is 0 Å². The number of aromatic nitrogens is 1. The highest BCUT2D eigenvalue weighted by atomic mass is 79.9. The van der Waals surface area contributed by atoms with Gasteiger partial charge in [-0.05, 0) is 28.9 Å². The number of ketones is 1. The van der Waals surface area contributed by atoms with Crippen LogP contribution < -0.4 is 0 Å². The van der Waals surface area contributed by atoms with Crippen molar-refractivity contribution in [3.05, 3.63) is 50.1 Å². The molecule has 0 aliphatic carbocycles. The zero-order valence-electron chi connectivity index (χ0n) is 9.04. The summed E-state index contributed by atoms with van der Waals surface area (Å²) in [7, 11) is 0. The summed E-state index contributed by atoms with van der Waals surface area (Å²) in [6.07, 6.45) is 0.201. The highest BCUT2D eigenvalue weighted by Gasteiger charge is 2.14. The second kappa shape index (κ2) is 5.06. The van der Waals surface area contributed by atoms with Crippen LogP contribution in [0.5, 0.6) is 0 Å². The summed E-state index contributed by atoms with van der Waals surface area (Å²) >= 11 is 4.59. The molecule has 0 saturated heterocycles. The lowest BCUT2D eigenvalue weighted by Gasteiger charge is -2.02. The van der Waals surface area contributed by atoms with Gasteiger partial charge in [-0.3, -0.25) is 4.79 Å². The molecule has 1 aromatic heterocycles. The van der Waals surface area contributed by atoms with Crippen LogP contribution in [0.2, 0.25) is 0 Å². The Labute approximate surface area is 111 Å². The third kappa shape index (κ3) is 2.79. The number of thiazole rings is 1. The highest BCUT2D eigenvalue weighted by Crippen LogP contribution is 2.22. The normalized spacial score (nSPS) is 10.5. The van der Waals surface area contributed by atoms with Crippen molar-refractivity contribution in [2.45, 2.75) is 13.3 Å². The monoisotopic (exact) mass is 313 g/mol. The van der Waals surface area contributed by atoms with Gasteiger partial charge >= 0.3 is 0 Å². The zero-order valence-corrected chi connectivity index (χ0v) is 11.4. The molecule has 0 aliphatic rings. The van der Waals surface area contributed by atoms with Crippen molar-refractivity contribution < 1.29 is 9.18 Å². The third-order valence-electron chi connectivity index (χ3n) is 2.26. The lowest BCUT2D eigenvalue weighted by Crippen LogP contribution is -2.05. The Bertz CT molecular complexity index is 567. The van der Waals surface area contributed by atoms with Gasteiger partial charge in [0.05, 0.1) is 21.6 Å². The van der Waals surface area contributed by atoms with E-state index >= 15 is 0 Å². The van der Waals surface area contributed by atoms with E-state index in [2.05, 4.69) is 20.9 Å². The first-order valence-corrected chi connectivity index (χ1v) is 6.63. The summed E-state index contributed by atoms with van der Waals surface area (Å²) in [4.78, 5) is 16.2. The molecule has 0 unspecified atom stereocenters. The molecule has 0 fully saturated rings. The number of Topliss-reactive ketones (excluding diaryl/α,β-unsaturated/α-hetero) is 1. The Balaban J connectivity index is 2.23. The molecule has 0 amide bonds. The van der Waals surface area contributed by atoms with Crippen molar-refractivity contribution in [1.29, 1.82) is 0 Å². The second-order valence-corrected chi connectivity index (χ2v) is 5.41. The molecule has 0 N–H and O–H groups in total. The van der Waals surface area contributed by atoms with Crippen LogP contribution in [0, 0.1) is 12.7 Å². The van der Waals surface area contributed by atoms with Crippen LogP contribution in [0.4, 0.5) is 4.39 Å². The first kappa shape index (κ1) is 12.4. The zero-order chi connectivity index (χ0) is 12.4. The van der Waals surface area contributed by atoms with Gasteiger partial charge in [-0.25, -0.2) is 9.37 Å². The van der Waals surface area contributed by atoms with Crippen LogP contribution in [0.15, 0.2) is 28.1 Å². The van der Waals surface area contributed by atoms with E-state index in [1.807, 2.05) is 12.3 Å².